The van der Waals surface area contributed by atoms with Gasteiger partial charge in [0.2, 0.25) is 11.5 Å². The molecule has 6 nitrogen and oxygen atoms in total. The van der Waals surface area contributed by atoms with Crippen molar-refractivity contribution in [3.05, 3.63) is 52.6 Å². The first kappa shape index (κ1) is 20.3. The highest BCUT2D eigenvalue weighted by molar-refractivity contribution is 6.02. The molecule has 0 aliphatic heterocycles. The summed E-state index contributed by atoms with van der Waals surface area (Å²) < 4.78 is 21.1. The maximum atomic E-state index is 12.6. The summed E-state index contributed by atoms with van der Waals surface area (Å²) in [5, 5.41) is 0. The van der Waals surface area contributed by atoms with Crippen molar-refractivity contribution in [2.24, 2.45) is 0 Å². The van der Waals surface area contributed by atoms with E-state index in [2.05, 4.69) is 0 Å². The number of aryl methyl sites for hydroxylation is 2. The molecule has 1 atom stereocenters. The third-order valence-electron chi connectivity index (χ3n) is 4.37. The Morgan fingerprint density at radius 2 is 1.52 bits per heavy atom. The quantitative estimate of drug-likeness (QED) is 0.544. The lowest BCUT2D eigenvalue weighted by Crippen LogP contribution is -2.25. The van der Waals surface area contributed by atoms with E-state index < -0.39 is 12.1 Å². The first-order chi connectivity index (χ1) is 12.8. The number of hydrogen-bond donors (Lipinski definition) is 0. The maximum Gasteiger partial charge on any atom is 0.342 e. The Morgan fingerprint density at radius 1 is 0.852 bits per heavy atom. The van der Waals surface area contributed by atoms with E-state index in [4.69, 9.17) is 18.9 Å². The summed E-state index contributed by atoms with van der Waals surface area (Å²) in [6.45, 7) is 5.44. The molecule has 0 aromatic heterocycles. The van der Waals surface area contributed by atoms with Crippen molar-refractivity contribution in [3.8, 4) is 17.2 Å². The van der Waals surface area contributed by atoms with Gasteiger partial charge in [-0.2, -0.15) is 0 Å². The molecule has 2 aromatic rings. The van der Waals surface area contributed by atoms with Gasteiger partial charge in [-0.05, 0) is 50.1 Å². The van der Waals surface area contributed by atoms with Crippen LogP contribution in [0.15, 0.2) is 30.3 Å². The van der Waals surface area contributed by atoms with Gasteiger partial charge in [-0.15, -0.1) is 0 Å². The van der Waals surface area contributed by atoms with Crippen molar-refractivity contribution in [1.29, 1.82) is 0 Å². The zero-order chi connectivity index (χ0) is 20.1. The summed E-state index contributed by atoms with van der Waals surface area (Å²) in [7, 11) is 4.35. The van der Waals surface area contributed by atoms with Crippen molar-refractivity contribution >= 4 is 11.8 Å². The summed E-state index contributed by atoms with van der Waals surface area (Å²) in [4.78, 5) is 25.2. The van der Waals surface area contributed by atoms with E-state index in [0.29, 0.717) is 11.3 Å². The average molecular weight is 372 g/mol. The van der Waals surface area contributed by atoms with E-state index in [1.165, 1.54) is 27.4 Å². The molecule has 0 saturated heterocycles. The number of benzene rings is 2. The number of rotatable bonds is 7. The number of esters is 1. The van der Waals surface area contributed by atoms with Crippen molar-refractivity contribution in [3.63, 3.8) is 0 Å². The molecule has 0 aliphatic rings. The molecule has 2 rings (SSSR count). The van der Waals surface area contributed by atoms with E-state index >= 15 is 0 Å². The molecule has 0 N–H and O–H groups in total. The van der Waals surface area contributed by atoms with Crippen LogP contribution in [0.1, 0.15) is 38.8 Å². The fraction of sp³-hybridized carbons (Fsp3) is 0.333. The third kappa shape index (κ3) is 4.22. The fourth-order valence-corrected chi connectivity index (χ4v) is 2.67. The second kappa shape index (κ2) is 8.58. The molecule has 0 aliphatic carbocycles. The number of ketones is 1. The minimum absolute atomic E-state index is 0.148. The van der Waals surface area contributed by atoms with Gasteiger partial charge in [0.05, 0.1) is 21.3 Å². The molecule has 144 valence electrons. The molecule has 0 spiro atoms. The van der Waals surface area contributed by atoms with Gasteiger partial charge in [0.15, 0.2) is 17.6 Å². The summed E-state index contributed by atoms with van der Waals surface area (Å²) in [6.07, 6.45) is -0.947. The smallest absolute Gasteiger partial charge is 0.342 e. The van der Waals surface area contributed by atoms with Gasteiger partial charge in [-0.1, -0.05) is 12.1 Å². The Bertz CT molecular complexity index is 856. The number of Topliss-reactive ketones (excluding diaryl/α,β-unsaturated/α-hetero) is 1. The lowest BCUT2D eigenvalue weighted by molar-refractivity contribution is 0.0315. The predicted octanol–water partition coefficient (Wildman–Crippen LogP) is 3.76. The molecule has 6 heteroatoms. The summed E-state index contributed by atoms with van der Waals surface area (Å²) in [6, 6.07) is 8.48. The second-order valence-corrected chi connectivity index (χ2v) is 6.09. The van der Waals surface area contributed by atoms with Gasteiger partial charge in [-0.3, -0.25) is 4.79 Å². The molecule has 0 fully saturated rings. The Hall–Kier alpha value is -3.02. The topological polar surface area (TPSA) is 71.1 Å². The van der Waals surface area contributed by atoms with Gasteiger partial charge in [0.1, 0.15) is 5.56 Å². The molecule has 0 amide bonds. The minimum atomic E-state index is -0.947. The summed E-state index contributed by atoms with van der Waals surface area (Å²) >= 11 is 0. The molecule has 0 heterocycles. The molecule has 0 radical (unpaired) electrons. The molecule has 0 bridgehead atoms. The Labute approximate surface area is 159 Å². The largest absolute Gasteiger partial charge is 0.493 e. The molecular weight excluding hydrogens is 348 g/mol. The van der Waals surface area contributed by atoms with Crippen LogP contribution >= 0.6 is 0 Å². The molecule has 0 saturated carbocycles. The first-order valence-electron chi connectivity index (χ1n) is 8.45. The van der Waals surface area contributed by atoms with Gasteiger partial charge >= 0.3 is 5.97 Å². The maximum absolute atomic E-state index is 12.6. The van der Waals surface area contributed by atoms with E-state index in [1.54, 1.807) is 25.1 Å². The van der Waals surface area contributed by atoms with E-state index in [1.807, 2.05) is 19.9 Å². The van der Waals surface area contributed by atoms with Crippen LogP contribution in [0.5, 0.6) is 17.2 Å². The average Bonchev–Trinajstić information content (AvgIpc) is 2.67. The van der Waals surface area contributed by atoms with Gasteiger partial charge < -0.3 is 18.9 Å². The van der Waals surface area contributed by atoms with E-state index in [-0.39, 0.29) is 22.8 Å². The van der Waals surface area contributed by atoms with E-state index in [9.17, 15) is 9.59 Å². The lowest BCUT2D eigenvalue weighted by Gasteiger charge is -2.17. The van der Waals surface area contributed by atoms with Crippen LogP contribution in [0.25, 0.3) is 0 Å². The van der Waals surface area contributed by atoms with Crippen LogP contribution in [-0.2, 0) is 4.74 Å². The number of ether oxygens (including phenoxy) is 4. The zero-order valence-electron chi connectivity index (χ0n) is 16.4. The summed E-state index contributed by atoms with van der Waals surface area (Å²) in [5.74, 6) is -0.0659. The Kier molecular flexibility index (Phi) is 6.45. The van der Waals surface area contributed by atoms with Crippen molar-refractivity contribution in [2.75, 3.05) is 21.3 Å². The number of carbonyl (C=O) groups excluding carboxylic acids is 2. The van der Waals surface area contributed by atoms with Crippen molar-refractivity contribution in [1.82, 2.24) is 0 Å². The standard InChI is InChI=1S/C21H24O6/c1-12-7-8-15(11-13(12)2)18(22)14(3)27-21(23)16-9-10-17(24-4)20(26-6)19(16)25-5/h7-11,14H,1-6H3/t14-/m1/s1. The van der Waals surface area contributed by atoms with Crippen molar-refractivity contribution < 1.29 is 28.5 Å². The first-order valence-corrected chi connectivity index (χ1v) is 8.45. The Morgan fingerprint density at radius 3 is 2.07 bits per heavy atom. The molecule has 27 heavy (non-hydrogen) atoms. The van der Waals surface area contributed by atoms with Crippen LogP contribution in [0, 0.1) is 13.8 Å². The molecular formula is C21H24O6. The van der Waals surface area contributed by atoms with Crippen LogP contribution in [0.3, 0.4) is 0 Å². The van der Waals surface area contributed by atoms with Gasteiger partial charge in [0, 0.05) is 5.56 Å². The van der Waals surface area contributed by atoms with Crippen LogP contribution < -0.4 is 14.2 Å². The highest BCUT2D eigenvalue weighted by atomic mass is 16.6. The second-order valence-electron chi connectivity index (χ2n) is 6.09. The highest BCUT2D eigenvalue weighted by Crippen LogP contribution is 2.40. The van der Waals surface area contributed by atoms with Crippen molar-refractivity contribution in [2.45, 2.75) is 26.9 Å². The third-order valence-corrected chi connectivity index (χ3v) is 4.37. The number of hydrogen-bond acceptors (Lipinski definition) is 6. The normalized spacial score (nSPS) is 11.5. The van der Waals surface area contributed by atoms with Gasteiger partial charge in [-0.25, -0.2) is 4.79 Å². The summed E-state index contributed by atoms with van der Waals surface area (Å²) in [5.41, 5.74) is 2.74. The lowest BCUT2D eigenvalue weighted by atomic mass is 10.0. The highest BCUT2D eigenvalue weighted by Gasteiger charge is 2.25. The fourth-order valence-electron chi connectivity index (χ4n) is 2.67. The molecule has 2 aromatic carbocycles. The number of methoxy groups -OCH3 is 3. The van der Waals surface area contributed by atoms with Gasteiger partial charge in [0.25, 0.3) is 0 Å². The van der Waals surface area contributed by atoms with Crippen LogP contribution in [-0.4, -0.2) is 39.2 Å². The zero-order valence-corrected chi connectivity index (χ0v) is 16.4. The Balaban J connectivity index is 2.25. The molecule has 0 unspecified atom stereocenters. The minimum Gasteiger partial charge on any atom is -0.493 e. The van der Waals surface area contributed by atoms with E-state index in [0.717, 1.165) is 11.1 Å². The van der Waals surface area contributed by atoms with Crippen LogP contribution in [0.2, 0.25) is 0 Å². The van der Waals surface area contributed by atoms with Crippen LogP contribution in [0.4, 0.5) is 0 Å². The predicted molar refractivity (Wildman–Crippen MR) is 101 cm³/mol. The SMILES string of the molecule is COc1ccc(C(=O)O[C@H](C)C(=O)c2ccc(C)c(C)c2)c(OC)c1OC. The monoisotopic (exact) mass is 372 g/mol. The number of carbonyl (C=O) groups is 2.